The molecule has 2 rings (SSSR count). The minimum absolute atomic E-state index is 0.160. The summed E-state index contributed by atoms with van der Waals surface area (Å²) in [5.74, 6) is 1.50. The number of nitrogens with zero attached hydrogens (tertiary/aromatic N) is 2. The summed E-state index contributed by atoms with van der Waals surface area (Å²) in [5.41, 5.74) is 0. The van der Waals surface area contributed by atoms with Crippen LogP contribution in [0.5, 0.6) is 0 Å². The monoisotopic (exact) mass is 208 g/mol. The van der Waals surface area contributed by atoms with Crippen molar-refractivity contribution in [2.75, 3.05) is 0 Å². The summed E-state index contributed by atoms with van der Waals surface area (Å²) in [4.78, 5) is 15.7. The highest BCUT2D eigenvalue weighted by molar-refractivity contribution is 5.90. The van der Waals surface area contributed by atoms with Crippen molar-refractivity contribution in [3.8, 4) is 0 Å². The van der Waals surface area contributed by atoms with Gasteiger partial charge in [0.25, 0.3) is 5.91 Å². The van der Waals surface area contributed by atoms with Gasteiger partial charge in [0.1, 0.15) is 5.82 Å². The molecule has 82 valence electrons. The van der Waals surface area contributed by atoms with E-state index in [9.17, 15) is 4.79 Å². The Bertz CT molecular complexity index is 360. The maximum absolute atomic E-state index is 11.6. The van der Waals surface area contributed by atoms with Gasteiger partial charge in [-0.05, 0) is 12.3 Å². The Kier molecular flexibility index (Phi) is 2.70. The Morgan fingerprint density at radius 3 is 2.93 bits per heavy atom. The number of carbonyl (C=O) groups excluding carboxylic acids is 1. The first-order valence-corrected chi connectivity index (χ1v) is 5.46. The summed E-state index contributed by atoms with van der Waals surface area (Å²) in [6.07, 6.45) is 2.98. The van der Waals surface area contributed by atoms with E-state index in [1.807, 2.05) is 6.92 Å². The molecule has 5 heteroatoms. The Labute approximate surface area is 88.7 Å². The fourth-order valence-corrected chi connectivity index (χ4v) is 1.66. The molecule has 0 bridgehead atoms. The third-order valence-electron chi connectivity index (χ3n) is 2.83. The van der Waals surface area contributed by atoms with E-state index in [4.69, 9.17) is 0 Å². The zero-order valence-corrected chi connectivity index (χ0v) is 9.08. The topological polar surface area (TPSA) is 70.7 Å². The molecule has 0 saturated heterocycles. The molecule has 15 heavy (non-hydrogen) atoms. The highest BCUT2D eigenvalue weighted by atomic mass is 16.2. The molecular formula is C10H16N4O. The molecule has 0 aromatic carbocycles. The second-order valence-corrected chi connectivity index (χ2v) is 3.94. The van der Waals surface area contributed by atoms with Crippen LogP contribution in [-0.4, -0.2) is 27.1 Å². The number of H-pyrrole nitrogens is 1. The fraction of sp³-hybridized carbons (Fsp3) is 0.700. The van der Waals surface area contributed by atoms with Crippen molar-refractivity contribution >= 4 is 5.91 Å². The number of aryl methyl sites for hydroxylation is 1. The van der Waals surface area contributed by atoms with Crippen LogP contribution in [0.2, 0.25) is 0 Å². The first kappa shape index (κ1) is 10.1. The molecule has 1 aliphatic rings. The average molecular weight is 208 g/mol. The van der Waals surface area contributed by atoms with Gasteiger partial charge in [0.05, 0.1) is 0 Å². The van der Waals surface area contributed by atoms with Gasteiger partial charge >= 0.3 is 0 Å². The van der Waals surface area contributed by atoms with Crippen LogP contribution in [0, 0.1) is 5.92 Å². The molecule has 0 spiro atoms. The molecule has 1 heterocycles. The zero-order chi connectivity index (χ0) is 10.8. The Morgan fingerprint density at radius 2 is 2.40 bits per heavy atom. The van der Waals surface area contributed by atoms with Crippen molar-refractivity contribution in [2.24, 2.45) is 5.92 Å². The van der Waals surface area contributed by atoms with Crippen molar-refractivity contribution in [3.63, 3.8) is 0 Å². The fourth-order valence-electron chi connectivity index (χ4n) is 1.66. The molecule has 1 fully saturated rings. The summed E-state index contributed by atoms with van der Waals surface area (Å²) in [6.45, 7) is 4.11. The maximum atomic E-state index is 11.6. The van der Waals surface area contributed by atoms with Gasteiger partial charge in [-0.25, -0.2) is 4.98 Å². The lowest BCUT2D eigenvalue weighted by atomic mass is 10.3. The van der Waals surface area contributed by atoms with Gasteiger partial charge in [0.2, 0.25) is 5.82 Å². The molecule has 2 N–H and O–H groups in total. The van der Waals surface area contributed by atoms with E-state index in [-0.39, 0.29) is 11.7 Å². The molecule has 2 atom stereocenters. The summed E-state index contributed by atoms with van der Waals surface area (Å²) in [7, 11) is 0. The van der Waals surface area contributed by atoms with Gasteiger partial charge in [-0.3, -0.25) is 9.89 Å². The Balaban J connectivity index is 1.91. The SMILES string of the molecule is CCc1nc(C(=O)NC2CC2CC)n[nH]1. The number of carbonyl (C=O) groups is 1. The molecule has 1 aromatic rings. The number of nitrogens with one attached hydrogen (secondary N) is 2. The molecule has 5 nitrogen and oxygen atoms in total. The van der Waals surface area contributed by atoms with Crippen LogP contribution in [0.15, 0.2) is 0 Å². The number of hydrogen-bond donors (Lipinski definition) is 2. The minimum atomic E-state index is -0.160. The van der Waals surface area contributed by atoms with E-state index >= 15 is 0 Å². The summed E-state index contributed by atoms with van der Waals surface area (Å²) in [5, 5.41) is 9.53. The number of amides is 1. The van der Waals surface area contributed by atoms with Crippen LogP contribution in [0.1, 0.15) is 43.1 Å². The van der Waals surface area contributed by atoms with E-state index in [0.29, 0.717) is 12.0 Å². The second kappa shape index (κ2) is 4.00. The van der Waals surface area contributed by atoms with E-state index in [0.717, 1.165) is 25.1 Å². The Morgan fingerprint density at radius 1 is 1.60 bits per heavy atom. The lowest BCUT2D eigenvalue weighted by molar-refractivity contribution is 0.0939. The molecule has 1 amide bonds. The summed E-state index contributed by atoms with van der Waals surface area (Å²) in [6, 6.07) is 0.339. The third kappa shape index (κ3) is 2.16. The molecule has 2 unspecified atom stereocenters. The predicted molar refractivity (Wildman–Crippen MR) is 55.4 cm³/mol. The first-order valence-electron chi connectivity index (χ1n) is 5.46. The van der Waals surface area contributed by atoms with Crippen LogP contribution in [0.3, 0.4) is 0 Å². The second-order valence-electron chi connectivity index (χ2n) is 3.94. The van der Waals surface area contributed by atoms with Gasteiger partial charge in [-0.2, -0.15) is 0 Å². The highest BCUT2D eigenvalue weighted by Gasteiger charge is 2.37. The van der Waals surface area contributed by atoms with Crippen LogP contribution in [0.4, 0.5) is 0 Å². The number of aromatic nitrogens is 3. The van der Waals surface area contributed by atoms with E-state index < -0.39 is 0 Å². The van der Waals surface area contributed by atoms with Crippen molar-refractivity contribution in [1.82, 2.24) is 20.5 Å². The van der Waals surface area contributed by atoms with E-state index in [1.165, 1.54) is 0 Å². The van der Waals surface area contributed by atoms with Crippen molar-refractivity contribution < 1.29 is 4.79 Å². The molecular weight excluding hydrogens is 192 g/mol. The first-order chi connectivity index (χ1) is 7.24. The lowest BCUT2D eigenvalue weighted by Crippen LogP contribution is -2.27. The highest BCUT2D eigenvalue weighted by Crippen LogP contribution is 2.33. The predicted octanol–water partition coefficient (Wildman–Crippen LogP) is 0.895. The van der Waals surface area contributed by atoms with Crippen LogP contribution < -0.4 is 5.32 Å². The van der Waals surface area contributed by atoms with Gasteiger partial charge in [-0.15, -0.1) is 5.10 Å². The standard InChI is InChI=1S/C10H16N4O/c1-3-6-5-7(6)11-10(15)9-12-8(4-2)13-14-9/h6-7H,3-5H2,1-2H3,(H,11,15)(H,12,13,14). The largest absolute Gasteiger partial charge is 0.346 e. The van der Waals surface area contributed by atoms with Crippen molar-refractivity contribution in [1.29, 1.82) is 0 Å². The van der Waals surface area contributed by atoms with Crippen molar-refractivity contribution in [3.05, 3.63) is 11.6 Å². The number of rotatable bonds is 4. The van der Waals surface area contributed by atoms with Gasteiger partial charge in [0.15, 0.2) is 0 Å². The average Bonchev–Trinajstić information content (AvgIpc) is 2.81. The Hall–Kier alpha value is -1.39. The smallest absolute Gasteiger partial charge is 0.291 e. The molecule has 0 radical (unpaired) electrons. The van der Waals surface area contributed by atoms with Gasteiger partial charge < -0.3 is 5.32 Å². The van der Waals surface area contributed by atoms with Crippen molar-refractivity contribution in [2.45, 2.75) is 39.2 Å². The minimum Gasteiger partial charge on any atom is -0.346 e. The normalized spacial score (nSPS) is 23.9. The number of aromatic amines is 1. The quantitative estimate of drug-likeness (QED) is 0.772. The van der Waals surface area contributed by atoms with E-state index in [1.54, 1.807) is 0 Å². The molecule has 0 aliphatic heterocycles. The summed E-state index contributed by atoms with van der Waals surface area (Å²) < 4.78 is 0. The zero-order valence-electron chi connectivity index (χ0n) is 9.08. The lowest BCUT2D eigenvalue weighted by Gasteiger charge is -1.99. The third-order valence-corrected chi connectivity index (χ3v) is 2.83. The molecule has 1 aromatic heterocycles. The van der Waals surface area contributed by atoms with Crippen LogP contribution >= 0.6 is 0 Å². The van der Waals surface area contributed by atoms with Crippen LogP contribution in [0.25, 0.3) is 0 Å². The molecule has 1 saturated carbocycles. The molecule has 1 aliphatic carbocycles. The van der Waals surface area contributed by atoms with Crippen LogP contribution in [-0.2, 0) is 6.42 Å². The number of hydrogen-bond acceptors (Lipinski definition) is 3. The summed E-state index contributed by atoms with van der Waals surface area (Å²) >= 11 is 0. The van der Waals surface area contributed by atoms with E-state index in [2.05, 4.69) is 27.4 Å². The maximum Gasteiger partial charge on any atom is 0.291 e. The van der Waals surface area contributed by atoms with Gasteiger partial charge in [0, 0.05) is 12.5 Å². The van der Waals surface area contributed by atoms with Gasteiger partial charge in [-0.1, -0.05) is 20.3 Å².